The van der Waals surface area contributed by atoms with Gasteiger partial charge < -0.3 is 36.0 Å². The predicted molar refractivity (Wildman–Crippen MR) is 151 cm³/mol. The van der Waals surface area contributed by atoms with Crippen molar-refractivity contribution in [2.75, 3.05) is 12.9 Å². The summed E-state index contributed by atoms with van der Waals surface area (Å²) in [5, 5.41) is 48.3. The minimum Gasteiger partial charge on any atom is -0.480 e. The van der Waals surface area contributed by atoms with E-state index in [-0.39, 0.29) is 0 Å². The molecule has 1 heterocycles. The van der Waals surface area contributed by atoms with E-state index in [9.17, 15) is 25.2 Å². The first-order valence-electron chi connectivity index (χ1n) is 12.7. The number of carbonyl (C=O) groups is 1. The van der Waals surface area contributed by atoms with Crippen molar-refractivity contribution >= 4 is 17.7 Å². The van der Waals surface area contributed by atoms with E-state index in [1.54, 1.807) is 11.8 Å². The standard InChI is InChI=1S/C21H26O5S.C9H11NO2/c1-12-3-6-14(21-20(25)19(24)18(23)17(11-22)26-21)10-15(12)9-13-4-7-16(27-2)8-5-13;10-8(9(11)12)6-7-4-2-1-3-5-7/h3-8,10,17-25H,9,11H2,1-2H3;1-5,8H,6,10H2,(H,11,12)/t;8-/m.1/s1. The van der Waals surface area contributed by atoms with Crippen LogP contribution in [0.3, 0.4) is 0 Å². The van der Waals surface area contributed by atoms with E-state index >= 15 is 0 Å². The number of rotatable bonds is 8. The molecule has 4 rings (SSSR count). The molecule has 0 radical (unpaired) electrons. The highest BCUT2D eigenvalue weighted by atomic mass is 32.2. The maximum absolute atomic E-state index is 10.4. The molecule has 9 heteroatoms. The van der Waals surface area contributed by atoms with Crippen molar-refractivity contribution < 1.29 is 35.1 Å². The molecule has 39 heavy (non-hydrogen) atoms. The molecule has 1 aliphatic heterocycles. The second kappa shape index (κ2) is 14.6. The number of aryl methyl sites for hydroxylation is 1. The van der Waals surface area contributed by atoms with Crippen LogP contribution in [0.2, 0.25) is 0 Å². The first-order chi connectivity index (χ1) is 18.6. The topological polar surface area (TPSA) is 153 Å². The number of hydrogen-bond donors (Lipinski definition) is 6. The lowest BCUT2D eigenvalue weighted by molar-refractivity contribution is -0.231. The Kier molecular flexibility index (Phi) is 11.5. The van der Waals surface area contributed by atoms with Gasteiger partial charge in [-0.3, -0.25) is 4.79 Å². The van der Waals surface area contributed by atoms with Gasteiger partial charge >= 0.3 is 5.97 Å². The first kappa shape index (κ1) is 30.8. The van der Waals surface area contributed by atoms with E-state index in [4.69, 9.17) is 15.6 Å². The van der Waals surface area contributed by atoms with E-state index in [2.05, 4.69) is 24.3 Å². The summed E-state index contributed by atoms with van der Waals surface area (Å²) in [6.45, 7) is 1.60. The average Bonchev–Trinajstić information content (AvgIpc) is 2.94. The third-order valence-corrected chi connectivity index (χ3v) is 7.51. The van der Waals surface area contributed by atoms with Gasteiger partial charge in [-0.1, -0.05) is 60.7 Å². The average molecular weight is 556 g/mol. The number of aliphatic hydroxyl groups excluding tert-OH is 4. The fourth-order valence-electron chi connectivity index (χ4n) is 4.35. The molecule has 1 aliphatic rings. The summed E-state index contributed by atoms with van der Waals surface area (Å²) >= 11 is 1.70. The second-order valence-corrected chi connectivity index (χ2v) is 10.5. The molecule has 0 saturated carbocycles. The normalized spacial score (nSPS) is 23.4. The molecule has 0 aromatic heterocycles. The lowest BCUT2D eigenvalue weighted by atomic mass is 9.89. The molecular weight excluding hydrogens is 518 g/mol. The van der Waals surface area contributed by atoms with Gasteiger partial charge in [0.1, 0.15) is 36.6 Å². The van der Waals surface area contributed by atoms with Crippen molar-refractivity contribution in [3.63, 3.8) is 0 Å². The molecule has 0 bridgehead atoms. The van der Waals surface area contributed by atoms with Gasteiger partial charge in [0.2, 0.25) is 0 Å². The van der Waals surface area contributed by atoms with E-state index in [1.807, 2.05) is 61.7 Å². The summed E-state index contributed by atoms with van der Waals surface area (Å²) < 4.78 is 5.68. The Bertz CT molecular complexity index is 1190. The summed E-state index contributed by atoms with van der Waals surface area (Å²) in [4.78, 5) is 11.6. The lowest BCUT2D eigenvalue weighted by Gasteiger charge is -2.40. The molecule has 0 aliphatic carbocycles. The van der Waals surface area contributed by atoms with Gasteiger partial charge in [-0.25, -0.2) is 0 Å². The van der Waals surface area contributed by atoms with Gasteiger partial charge in [-0.15, -0.1) is 11.8 Å². The number of benzene rings is 3. The number of carboxylic acid groups (broad SMARTS) is 1. The highest BCUT2D eigenvalue weighted by Crippen LogP contribution is 2.33. The Balaban J connectivity index is 0.000000293. The molecule has 1 saturated heterocycles. The Hall–Kier alpha value is -2.76. The minimum atomic E-state index is -1.37. The van der Waals surface area contributed by atoms with E-state index < -0.39 is 49.1 Å². The molecule has 8 nitrogen and oxygen atoms in total. The number of thioether (sulfide) groups is 1. The Morgan fingerprint density at radius 3 is 2.21 bits per heavy atom. The summed E-state index contributed by atoms with van der Waals surface area (Å²) in [7, 11) is 0. The molecule has 210 valence electrons. The highest BCUT2D eigenvalue weighted by Gasteiger charge is 2.43. The van der Waals surface area contributed by atoms with Crippen molar-refractivity contribution in [1.29, 1.82) is 0 Å². The number of ether oxygens (including phenoxy) is 1. The summed E-state index contributed by atoms with van der Waals surface area (Å²) in [6, 6.07) is 22.7. The minimum absolute atomic E-state index is 0.385. The third-order valence-electron chi connectivity index (χ3n) is 6.76. The summed E-state index contributed by atoms with van der Waals surface area (Å²) in [5.74, 6) is -0.959. The van der Waals surface area contributed by atoms with Crippen molar-refractivity contribution in [2.45, 2.75) is 61.2 Å². The van der Waals surface area contributed by atoms with E-state index in [1.165, 1.54) is 10.5 Å². The van der Waals surface area contributed by atoms with Gasteiger partial charge in [0.05, 0.1) is 6.61 Å². The van der Waals surface area contributed by atoms with Crippen LogP contribution in [0.15, 0.2) is 77.7 Å². The molecule has 0 spiro atoms. The van der Waals surface area contributed by atoms with Crippen LogP contribution in [-0.2, 0) is 22.4 Å². The number of carboxylic acids is 1. The monoisotopic (exact) mass is 555 g/mol. The molecular formula is C30H37NO7S. The van der Waals surface area contributed by atoms with Crippen LogP contribution in [-0.4, -0.2) is 74.8 Å². The lowest BCUT2D eigenvalue weighted by Crippen LogP contribution is -2.55. The molecule has 0 amide bonds. The fraction of sp³-hybridized carbons (Fsp3) is 0.367. The Morgan fingerprint density at radius 2 is 1.62 bits per heavy atom. The van der Waals surface area contributed by atoms with Crippen LogP contribution in [0.5, 0.6) is 0 Å². The van der Waals surface area contributed by atoms with Crippen LogP contribution >= 0.6 is 11.8 Å². The molecule has 5 unspecified atom stereocenters. The molecule has 7 N–H and O–H groups in total. The van der Waals surface area contributed by atoms with E-state index in [0.29, 0.717) is 12.0 Å². The van der Waals surface area contributed by atoms with Crippen LogP contribution in [0.4, 0.5) is 0 Å². The number of aliphatic carboxylic acids is 1. The SMILES string of the molecule is CSc1ccc(Cc2cc(C3OC(CO)C(O)C(O)C3O)ccc2C)cc1.N[C@H](Cc1ccccc1)C(=O)O. The second-order valence-electron chi connectivity index (χ2n) is 9.59. The smallest absolute Gasteiger partial charge is 0.320 e. The van der Waals surface area contributed by atoms with Crippen LogP contribution in [0.1, 0.15) is 33.9 Å². The Morgan fingerprint density at radius 1 is 0.949 bits per heavy atom. The molecule has 6 atom stereocenters. The van der Waals surface area contributed by atoms with Crippen LogP contribution in [0, 0.1) is 6.92 Å². The van der Waals surface area contributed by atoms with Crippen molar-refractivity contribution in [3.05, 3.63) is 101 Å². The van der Waals surface area contributed by atoms with Gasteiger partial charge in [-0.05, 0) is 66.0 Å². The molecule has 1 fully saturated rings. The Labute approximate surface area is 233 Å². The van der Waals surface area contributed by atoms with Crippen LogP contribution < -0.4 is 5.73 Å². The van der Waals surface area contributed by atoms with Crippen molar-refractivity contribution in [3.8, 4) is 0 Å². The van der Waals surface area contributed by atoms with Crippen LogP contribution in [0.25, 0.3) is 0 Å². The van der Waals surface area contributed by atoms with Crippen molar-refractivity contribution in [1.82, 2.24) is 0 Å². The molecule has 3 aromatic carbocycles. The van der Waals surface area contributed by atoms with Crippen molar-refractivity contribution in [2.24, 2.45) is 5.73 Å². The largest absolute Gasteiger partial charge is 0.480 e. The fourth-order valence-corrected chi connectivity index (χ4v) is 4.76. The van der Waals surface area contributed by atoms with Gasteiger partial charge in [-0.2, -0.15) is 0 Å². The molecule has 3 aromatic rings. The number of hydrogen-bond acceptors (Lipinski definition) is 8. The van der Waals surface area contributed by atoms with E-state index in [0.717, 1.165) is 23.1 Å². The summed E-state index contributed by atoms with van der Waals surface area (Å²) in [5.41, 5.74) is 10.4. The quantitative estimate of drug-likeness (QED) is 0.230. The highest BCUT2D eigenvalue weighted by molar-refractivity contribution is 7.98. The van der Waals surface area contributed by atoms with Gasteiger partial charge in [0.15, 0.2) is 0 Å². The predicted octanol–water partition coefficient (Wildman–Crippen LogP) is 2.46. The summed E-state index contributed by atoms with van der Waals surface area (Å²) in [6.07, 6.45) is -2.52. The zero-order valence-corrected chi connectivity index (χ0v) is 22.9. The zero-order valence-electron chi connectivity index (χ0n) is 22.1. The van der Waals surface area contributed by atoms with Gasteiger partial charge in [0.25, 0.3) is 0 Å². The third kappa shape index (κ3) is 8.36. The van der Waals surface area contributed by atoms with Gasteiger partial charge in [0, 0.05) is 4.90 Å². The maximum atomic E-state index is 10.4. The first-order valence-corrected chi connectivity index (χ1v) is 13.9. The zero-order chi connectivity index (χ0) is 28.5. The number of aliphatic hydroxyl groups is 4. The number of nitrogens with two attached hydrogens (primary N) is 1. The maximum Gasteiger partial charge on any atom is 0.320 e.